The molecule has 0 fully saturated rings. The van der Waals surface area contributed by atoms with E-state index in [4.69, 9.17) is 23.2 Å². The van der Waals surface area contributed by atoms with E-state index < -0.39 is 6.04 Å². The van der Waals surface area contributed by atoms with Crippen LogP contribution in [0.15, 0.2) is 53.4 Å². The fraction of sp³-hybridized carbons (Fsp3) is 0.333. The second-order valence-electron chi connectivity index (χ2n) is 6.25. The Morgan fingerprint density at radius 1 is 1.11 bits per heavy atom. The Kier molecular flexibility index (Phi) is 9.16. The number of thioether (sulfide) groups is 1. The third-order valence-electron chi connectivity index (χ3n) is 4.18. The van der Waals surface area contributed by atoms with Crippen molar-refractivity contribution >= 4 is 46.8 Å². The molecule has 0 aliphatic heterocycles. The minimum atomic E-state index is -0.580. The number of amides is 2. The lowest BCUT2D eigenvalue weighted by atomic mass is 10.1. The smallest absolute Gasteiger partial charge is 0.242 e. The second-order valence-corrected chi connectivity index (χ2v) is 8.23. The van der Waals surface area contributed by atoms with Gasteiger partial charge in [-0.3, -0.25) is 9.59 Å². The number of hydrogen-bond acceptors (Lipinski definition) is 3. The largest absolute Gasteiger partial charge is 0.355 e. The molecule has 0 heterocycles. The van der Waals surface area contributed by atoms with Crippen molar-refractivity contribution in [2.45, 2.75) is 37.8 Å². The molecule has 0 aliphatic rings. The van der Waals surface area contributed by atoms with E-state index in [1.807, 2.05) is 43.3 Å². The van der Waals surface area contributed by atoms with Crippen LogP contribution >= 0.6 is 35.0 Å². The lowest BCUT2D eigenvalue weighted by molar-refractivity contribution is -0.140. The number of hydrogen-bond donors (Lipinski definition) is 1. The highest BCUT2D eigenvalue weighted by Gasteiger charge is 2.25. The van der Waals surface area contributed by atoms with E-state index in [9.17, 15) is 9.59 Å². The summed E-state index contributed by atoms with van der Waals surface area (Å²) >= 11 is 13.7. The predicted molar refractivity (Wildman–Crippen MR) is 117 cm³/mol. The maximum absolute atomic E-state index is 12.9. The van der Waals surface area contributed by atoms with Crippen LogP contribution in [0.25, 0.3) is 0 Å². The van der Waals surface area contributed by atoms with Crippen molar-refractivity contribution < 1.29 is 9.59 Å². The van der Waals surface area contributed by atoms with Gasteiger partial charge in [-0.05, 0) is 43.7 Å². The molecule has 0 aromatic heterocycles. The van der Waals surface area contributed by atoms with Crippen molar-refractivity contribution in [3.8, 4) is 0 Å². The summed E-state index contributed by atoms with van der Waals surface area (Å²) in [6, 6.07) is 14.6. The van der Waals surface area contributed by atoms with Crippen molar-refractivity contribution in [1.29, 1.82) is 0 Å². The topological polar surface area (TPSA) is 49.4 Å². The summed E-state index contributed by atoms with van der Waals surface area (Å²) in [5.74, 6) is 0.392. The Morgan fingerprint density at radius 3 is 2.46 bits per heavy atom. The van der Waals surface area contributed by atoms with Gasteiger partial charge in [-0.15, -0.1) is 11.8 Å². The molecule has 2 amide bonds. The van der Waals surface area contributed by atoms with Crippen LogP contribution in [0.3, 0.4) is 0 Å². The summed E-state index contributed by atoms with van der Waals surface area (Å²) in [6.45, 7) is 4.41. The molecule has 1 atom stereocenters. The summed E-state index contributed by atoms with van der Waals surface area (Å²) in [6.07, 6.45) is 0.338. The third-order valence-corrected chi connectivity index (χ3v) is 5.94. The number of nitrogens with one attached hydrogen (secondary N) is 1. The summed E-state index contributed by atoms with van der Waals surface area (Å²) < 4.78 is 0. The van der Waals surface area contributed by atoms with E-state index in [0.29, 0.717) is 35.3 Å². The highest BCUT2D eigenvalue weighted by atomic mass is 35.5. The van der Waals surface area contributed by atoms with Crippen molar-refractivity contribution in [3.63, 3.8) is 0 Å². The maximum atomic E-state index is 12.9. The van der Waals surface area contributed by atoms with Gasteiger partial charge in [0.1, 0.15) is 6.04 Å². The molecule has 0 saturated heterocycles. The van der Waals surface area contributed by atoms with Crippen LogP contribution in [-0.4, -0.2) is 35.1 Å². The zero-order valence-electron chi connectivity index (χ0n) is 16.0. The molecule has 4 nitrogen and oxygen atoms in total. The number of halogens is 2. The van der Waals surface area contributed by atoms with Crippen LogP contribution in [0.1, 0.15) is 25.8 Å². The van der Waals surface area contributed by atoms with Gasteiger partial charge in [0, 0.05) is 30.2 Å². The van der Waals surface area contributed by atoms with Gasteiger partial charge < -0.3 is 10.2 Å². The lowest BCUT2D eigenvalue weighted by Gasteiger charge is -2.29. The fourth-order valence-electron chi connectivity index (χ4n) is 2.66. The molecule has 0 spiro atoms. The molecular weight excluding hydrogens is 415 g/mol. The Bertz CT molecular complexity index is 802. The number of nitrogens with zero attached hydrogens (tertiary/aromatic N) is 1. The van der Waals surface area contributed by atoms with Gasteiger partial charge in [0.05, 0.1) is 10.0 Å². The molecule has 0 saturated carbocycles. The van der Waals surface area contributed by atoms with Crippen LogP contribution in [-0.2, 0) is 16.1 Å². The standard InChI is InChI=1S/C21H24Cl2N2O2S/c1-3-24-21(27)15(2)25(14-16-9-10-18(22)19(23)13-16)20(26)11-12-28-17-7-5-4-6-8-17/h4-10,13,15H,3,11-12,14H2,1-2H3,(H,24,27). The molecule has 0 radical (unpaired) electrons. The molecule has 2 aromatic carbocycles. The number of rotatable bonds is 9. The van der Waals surface area contributed by atoms with Gasteiger partial charge in [-0.2, -0.15) is 0 Å². The van der Waals surface area contributed by atoms with Crippen LogP contribution in [0.2, 0.25) is 10.0 Å². The minimum Gasteiger partial charge on any atom is -0.355 e. The van der Waals surface area contributed by atoms with Gasteiger partial charge in [0.15, 0.2) is 0 Å². The zero-order valence-corrected chi connectivity index (χ0v) is 18.3. The zero-order chi connectivity index (χ0) is 20.5. The Hall–Kier alpha value is -1.69. The molecule has 2 aromatic rings. The van der Waals surface area contributed by atoms with Crippen LogP contribution in [0.5, 0.6) is 0 Å². The molecule has 0 aliphatic carbocycles. The molecule has 2 rings (SSSR count). The summed E-state index contributed by atoms with van der Waals surface area (Å²) in [5.41, 5.74) is 0.828. The molecule has 1 unspecified atom stereocenters. The van der Waals surface area contributed by atoms with Crippen LogP contribution < -0.4 is 5.32 Å². The SMILES string of the molecule is CCNC(=O)C(C)N(Cc1ccc(Cl)c(Cl)c1)C(=O)CCSc1ccccc1. The van der Waals surface area contributed by atoms with Crippen molar-refractivity contribution in [3.05, 3.63) is 64.1 Å². The number of carbonyl (C=O) groups is 2. The quantitative estimate of drug-likeness (QED) is 0.558. The molecule has 1 N–H and O–H groups in total. The van der Waals surface area contributed by atoms with E-state index in [1.54, 1.807) is 35.7 Å². The Labute approximate surface area is 180 Å². The van der Waals surface area contributed by atoms with Gasteiger partial charge >= 0.3 is 0 Å². The number of benzene rings is 2. The predicted octanol–water partition coefficient (Wildman–Crippen LogP) is 5.03. The first-order chi connectivity index (χ1) is 13.4. The van der Waals surface area contributed by atoms with Crippen LogP contribution in [0, 0.1) is 0 Å². The molecule has 7 heteroatoms. The Morgan fingerprint density at radius 2 is 1.82 bits per heavy atom. The monoisotopic (exact) mass is 438 g/mol. The first-order valence-corrected chi connectivity index (χ1v) is 10.9. The fourth-order valence-corrected chi connectivity index (χ4v) is 3.84. The summed E-state index contributed by atoms with van der Waals surface area (Å²) in [4.78, 5) is 28.0. The minimum absolute atomic E-state index is 0.0757. The molecule has 0 bridgehead atoms. The molecule has 150 valence electrons. The normalized spacial score (nSPS) is 11.7. The first kappa shape index (κ1) is 22.6. The van der Waals surface area contributed by atoms with Crippen molar-refractivity contribution in [1.82, 2.24) is 10.2 Å². The van der Waals surface area contributed by atoms with Crippen LogP contribution in [0.4, 0.5) is 0 Å². The van der Waals surface area contributed by atoms with Crippen molar-refractivity contribution in [2.24, 2.45) is 0 Å². The highest BCUT2D eigenvalue weighted by Crippen LogP contribution is 2.24. The third kappa shape index (κ3) is 6.73. The van der Waals surface area contributed by atoms with E-state index in [-0.39, 0.29) is 11.8 Å². The summed E-state index contributed by atoms with van der Waals surface area (Å²) in [5, 5.41) is 3.67. The molecular formula is C21H24Cl2N2O2S. The average molecular weight is 439 g/mol. The summed E-state index contributed by atoms with van der Waals surface area (Å²) in [7, 11) is 0. The van der Waals surface area contributed by atoms with Gasteiger partial charge in [0.2, 0.25) is 11.8 Å². The van der Waals surface area contributed by atoms with E-state index in [0.717, 1.165) is 10.5 Å². The number of likely N-dealkylation sites (N-methyl/N-ethyl adjacent to an activating group) is 1. The highest BCUT2D eigenvalue weighted by molar-refractivity contribution is 7.99. The first-order valence-electron chi connectivity index (χ1n) is 9.11. The van der Waals surface area contributed by atoms with Crippen molar-refractivity contribution in [2.75, 3.05) is 12.3 Å². The van der Waals surface area contributed by atoms with E-state index in [1.165, 1.54) is 0 Å². The van der Waals surface area contributed by atoms with Gasteiger partial charge in [0.25, 0.3) is 0 Å². The van der Waals surface area contributed by atoms with E-state index in [2.05, 4.69) is 5.32 Å². The van der Waals surface area contributed by atoms with Gasteiger partial charge in [-0.25, -0.2) is 0 Å². The van der Waals surface area contributed by atoms with Gasteiger partial charge in [-0.1, -0.05) is 47.5 Å². The second kappa shape index (κ2) is 11.3. The average Bonchev–Trinajstić information content (AvgIpc) is 2.69. The maximum Gasteiger partial charge on any atom is 0.242 e. The Balaban J connectivity index is 2.08. The molecule has 28 heavy (non-hydrogen) atoms. The van der Waals surface area contributed by atoms with E-state index >= 15 is 0 Å². The number of carbonyl (C=O) groups excluding carboxylic acids is 2. The lowest BCUT2D eigenvalue weighted by Crippen LogP contribution is -2.47.